The first kappa shape index (κ1) is 14.6. The fourth-order valence-electron chi connectivity index (χ4n) is 2.06. The highest BCUT2D eigenvalue weighted by molar-refractivity contribution is 9.10. The zero-order valence-corrected chi connectivity index (χ0v) is 13.4. The van der Waals surface area contributed by atoms with Crippen molar-refractivity contribution in [2.75, 3.05) is 18.8 Å². The molecule has 19 heavy (non-hydrogen) atoms. The summed E-state index contributed by atoms with van der Waals surface area (Å²) in [4.78, 5) is 0.293. The molecule has 0 saturated heterocycles. The van der Waals surface area contributed by atoms with E-state index in [1.807, 2.05) is 13.0 Å². The number of hydrogen-bond acceptors (Lipinski definition) is 3. The molecule has 0 aromatic heterocycles. The zero-order valence-electron chi connectivity index (χ0n) is 11.0. The van der Waals surface area contributed by atoms with Crippen LogP contribution in [0, 0.1) is 6.92 Å². The molecule has 0 atom stereocenters. The molecule has 1 aromatic carbocycles. The molecule has 0 spiro atoms. The average molecular weight is 345 g/mol. The van der Waals surface area contributed by atoms with E-state index < -0.39 is 10.0 Å². The minimum atomic E-state index is -3.47. The summed E-state index contributed by atoms with van der Waals surface area (Å²) in [5.74, 6) is 0. The maximum atomic E-state index is 12.6. The van der Waals surface area contributed by atoms with Crippen LogP contribution in [0.2, 0.25) is 0 Å². The van der Waals surface area contributed by atoms with Gasteiger partial charge in [0.2, 0.25) is 10.0 Å². The van der Waals surface area contributed by atoms with E-state index in [-0.39, 0.29) is 0 Å². The van der Waals surface area contributed by atoms with Gasteiger partial charge in [-0.25, -0.2) is 8.42 Å². The molecule has 2 rings (SSSR count). The summed E-state index contributed by atoms with van der Waals surface area (Å²) >= 11 is 3.31. The van der Waals surface area contributed by atoms with Gasteiger partial charge in [0.1, 0.15) is 0 Å². The molecule has 0 radical (unpaired) electrons. The van der Waals surface area contributed by atoms with Gasteiger partial charge in [0.05, 0.1) is 4.90 Å². The van der Waals surface area contributed by atoms with Gasteiger partial charge >= 0.3 is 0 Å². The Morgan fingerprint density at radius 2 is 2.00 bits per heavy atom. The molecule has 0 unspecified atom stereocenters. The van der Waals surface area contributed by atoms with Crippen molar-refractivity contribution in [3.05, 3.63) is 33.8 Å². The number of sulfonamides is 1. The van der Waals surface area contributed by atoms with Gasteiger partial charge in [-0.2, -0.15) is 4.31 Å². The number of benzene rings is 1. The third-order valence-electron chi connectivity index (χ3n) is 3.31. The van der Waals surface area contributed by atoms with E-state index in [0.717, 1.165) is 10.9 Å². The van der Waals surface area contributed by atoms with Crippen molar-refractivity contribution >= 4 is 31.6 Å². The van der Waals surface area contributed by atoms with Gasteiger partial charge in [-0.05, 0) is 53.9 Å². The number of anilines is 1. The summed E-state index contributed by atoms with van der Waals surface area (Å²) in [7, 11) is -3.47. The number of nitrogens with two attached hydrogens (primary N) is 1. The summed E-state index contributed by atoms with van der Waals surface area (Å²) < 4.78 is 27.4. The van der Waals surface area contributed by atoms with Gasteiger partial charge in [-0.15, -0.1) is 0 Å². The fraction of sp³-hybridized carbons (Fsp3) is 0.385. The van der Waals surface area contributed by atoms with Crippen molar-refractivity contribution in [2.45, 2.75) is 25.2 Å². The standard InChI is InChI=1S/C13H17BrN2O2S/c1-9-3-5-16(6-4-9)19(17,18)13-8-12(15)11(14)7-10(13)2/h3,7-8H,4-6,15H2,1-2H3. The maximum Gasteiger partial charge on any atom is 0.243 e. The van der Waals surface area contributed by atoms with Crippen LogP contribution in [0.4, 0.5) is 5.69 Å². The summed E-state index contributed by atoms with van der Waals surface area (Å²) in [6.07, 6.45) is 2.74. The highest BCUT2D eigenvalue weighted by Crippen LogP contribution is 2.29. The van der Waals surface area contributed by atoms with E-state index in [1.165, 1.54) is 15.9 Å². The molecule has 1 heterocycles. The Bertz CT molecular complexity index is 638. The van der Waals surface area contributed by atoms with Crippen LogP contribution in [-0.2, 0) is 10.0 Å². The highest BCUT2D eigenvalue weighted by atomic mass is 79.9. The first-order valence-electron chi connectivity index (χ1n) is 6.04. The summed E-state index contributed by atoms with van der Waals surface area (Å²) in [6.45, 7) is 4.76. The Kier molecular flexibility index (Phi) is 4.03. The number of halogens is 1. The molecule has 1 aliphatic heterocycles. The SMILES string of the molecule is CC1=CCN(S(=O)(=O)c2cc(N)c(Br)cc2C)CC1. The number of hydrogen-bond donors (Lipinski definition) is 1. The lowest BCUT2D eigenvalue weighted by molar-refractivity contribution is 0.431. The van der Waals surface area contributed by atoms with Crippen molar-refractivity contribution in [2.24, 2.45) is 0 Å². The van der Waals surface area contributed by atoms with Crippen LogP contribution in [-0.4, -0.2) is 25.8 Å². The van der Waals surface area contributed by atoms with Gasteiger partial charge in [0.25, 0.3) is 0 Å². The molecular formula is C13H17BrN2O2S. The van der Waals surface area contributed by atoms with Gasteiger partial charge in [0.15, 0.2) is 0 Å². The normalized spacial score (nSPS) is 17.3. The molecule has 0 aliphatic carbocycles. The number of nitrogen functional groups attached to an aromatic ring is 1. The molecule has 6 heteroatoms. The molecule has 1 aliphatic rings. The van der Waals surface area contributed by atoms with E-state index in [1.54, 1.807) is 13.0 Å². The lowest BCUT2D eigenvalue weighted by atomic mass is 10.1. The maximum absolute atomic E-state index is 12.6. The average Bonchev–Trinajstić information content (AvgIpc) is 2.34. The minimum absolute atomic E-state index is 0.293. The van der Waals surface area contributed by atoms with Crippen LogP contribution in [0.5, 0.6) is 0 Å². The molecule has 4 nitrogen and oxygen atoms in total. The quantitative estimate of drug-likeness (QED) is 0.662. The lowest BCUT2D eigenvalue weighted by Gasteiger charge is -2.25. The molecule has 1 aromatic rings. The fourth-order valence-corrected chi connectivity index (χ4v) is 4.14. The molecule has 0 bridgehead atoms. The molecular weight excluding hydrogens is 328 g/mol. The molecule has 0 saturated carbocycles. The monoisotopic (exact) mass is 344 g/mol. The topological polar surface area (TPSA) is 63.4 Å². The predicted octanol–water partition coefficient (Wildman–Crippen LogP) is 2.68. The van der Waals surface area contributed by atoms with Crippen LogP contribution < -0.4 is 5.73 Å². The van der Waals surface area contributed by atoms with Crippen molar-refractivity contribution < 1.29 is 8.42 Å². The second kappa shape index (κ2) is 5.26. The van der Waals surface area contributed by atoms with E-state index in [2.05, 4.69) is 15.9 Å². The molecule has 0 amide bonds. The summed E-state index contributed by atoms with van der Waals surface area (Å²) in [6, 6.07) is 3.27. The first-order chi connectivity index (χ1) is 8.82. The van der Waals surface area contributed by atoms with Crippen LogP contribution in [0.25, 0.3) is 0 Å². The van der Waals surface area contributed by atoms with E-state index in [9.17, 15) is 8.42 Å². The second-order valence-corrected chi connectivity index (χ2v) is 7.56. The Morgan fingerprint density at radius 3 is 2.58 bits per heavy atom. The first-order valence-corrected chi connectivity index (χ1v) is 8.27. The van der Waals surface area contributed by atoms with E-state index in [4.69, 9.17) is 5.73 Å². The predicted molar refractivity (Wildman–Crippen MR) is 80.4 cm³/mol. The zero-order chi connectivity index (χ0) is 14.2. The number of aryl methyl sites for hydroxylation is 1. The van der Waals surface area contributed by atoms with Crippen molar-refractivity contribution in [1.29, 1.82) is 0 Å². The summed E-state index contributed by atoms with van der Waals surface area (Å²) in [5.41, 5.74) is 8.17. The van der Waals surface area contributed by atoms with Gasteiger partial charge in [0, 0.05) is 23.2 Å². The van der Waals surface area contributed by atoms with Crippen molar-refractivity contribution in [3.8, 4) is 0 Å². The largest absolute Gasteiger partial charge is 0.398 e. The van der Waals surface area contributed by atoms with Gasteiger partial charge < -0.3 is 5.73 Å². The van der Waals surface area contributed by atoms with Crippen LogP contribution in [0.3, 0.4) is 0 Å². The summed E-state index contributed by atoms with van der Waals surface area (Å²) in [5, 5.41) is 0. The Hall–Kier alpha value is -0.850. The van der Waals surface area contributed by atoms with Crippen LogP contribution in [0.15, 0.2) is 33.2 Å². The number of nitrogens with zero attached hydrogens (tertiary/aromatic N) is 1. The van der Waals surface area contributed by atoms with E-state index in [0.29, 0.717) is 29.2 Å². The van der Waals surface area contributed by atoms with Crippen molar-refractivity contribution in [1.82, 2.24) is 4.31 Å². The molecule has 0 fully saturated rings. The van der Waals surface area contributed by atoms with Crippen LogP contribution >= 0.6 is 15.9 Å². The third kappa shape index (κ3) is 2.85. The lowest BCUT2D eigenvalue weighted by Crippen LogP contribution is -2.35. The van der Waals surface area contributed by atoms with Gasteiger partial charge in [-0.3, -0.25) is 0 Å². The van der Waals surface area contributed by atoms with Crippen molar-refractivity contribution in [3.63, 3.8) is 0 Å². The van der Waals surface area contributed by atoms with Crippen LogP contribution in [0.1, 0.15) is 18.9 Å². The molecule has 2 N–H and O–H groups in total. The van der Waals surface area contributed by atoms with E-state index >= 15 is 0 Å². The third-order valence-corrected chi connectivity index (χ3v) is 6.00. The minimum Gasteiger partial charge on any atom is -0.398 e. The Labute approximate surface area is 122 Å². The number of rotatable bonds is 2. The van der Waals surface area contributed by atoms with Gasteiger partial charge in [-0.1, -0.05) is 11.6 Å². The highest BCUT2D eigenvalue weighted by Gasteiger charge is 2.27. The second-order valence-electron chi connectivity index (χ2n) is 4.80. The Morgan fingerprint density at radius 1 is 1.32 bits per heavy atom. The molecule has 104 valence electrons. The smallest absolute Gasteiger partial charge is 0.243 e. The Balaban J connectivity index is 2.43.